The Morgan fingerprint density at radius 3 is 2.76 bits per heavy atom. The molecular formula is C12H13F2NO2. The second-order valence-corrected chi connectivity index (χ2v) is 3.91. The highest BCUT2D eigenvalue weighted by Crippen LogP contribution is 2.15. The third-order valence-corrected chi connectivity index (χ3v) is 2.69. The summed E-state index contributed by atoms with van der Waals surface area (Å²) in [4.78, 5) is 13.0. The van der Waals surface area contributed by atoms with Gasteiger partial charge in [-0.25, -0.2) is 8.78 Å². The Bertz CT molecular complexity index is 423. The molecule has 1 heterocycles. The lowest BCUT2D eigenvalue weighted by atomic mass is 10.3. The van der Waals surface area contributed by atoms with Gasteiger partial charge in [0.05, 0.1) is 6.54 Å². The highest BCUT2D eigenvalue weighted by Gasteiger charge is 2.19. The van der Waals surface area contributed by atoms with Gasteiger partial charge in [-0.3, -0.25) is 4.79 Å². The molecule has 92 valence electrons. The van der Waals surface area contributed by atoms with Crippen LogP contribution in [0.5, 0.6) is 5.75 Å². The van der Waals surface area contributed by atoms with Crippen molar-refractivity contribution < 1.29 is 18.3 Å². The van der Waals surface area contributed by atoms with Crippen molar-refractivity contribution in [1.82, 2.24) is 4.90 Å². The van der Waals surface area contributed by atoms with Crippen LogP contribution < -0.4 is 4.74 Å². The number of hydrogen-bond acceptors (Lipinski definition) is 2. The number of ether oxygens (including phenoxy) is 1. The van der Waals surface area contributed by atoms with Crippen molar-refractivity contribution in [2.24, 2.45) is 0 Å². The molecule has 0 atom stereocenters. The second kappa shape index (κ2) is 5.12. The summed E-state index contributed by atoms with van der Waals surface area (Å²) >= 11 is 0. The van der Waals surface area contributed by atoms with E-state index in [1.54, 1.807) is 4.90 Å². The first-order valence-electron chi connectivity index (χ1n) is 5.52. The molecule has 2 rings (SSSR count). The van der Waals surface area contributed by atoms with Crippen LogP contribution in [-0.4, -0.2) is 30.5 Å². The van der Waals surface area contributed by atoms with Crippen LogP contribution >= 0.6 is 0 Å². The Hall–Kier alpha value is -1.65. The van der Waals surface area contributed by atoms with Crippen molar-refractivity contribution in [1.29, 1.82) is 0 Å². The number of halogens is 2. The zero-order valence-electron chi connectivity index (χ0n) is 9.29. The lowest BCUT2D eigenvalue weighted by Gasteiger charge is -2.15. The highest BCUT2D eigenvalue weighted by molar-refractivity contribution is 5.78. The first-order valence-corrected chi connectivity index (χ1v) is 5.52. The first-order chi connectivity index (χ1) is 8.16. The van der Waals surface area contributed by atoms with E-state index in [2.05, 4.69) is 0 Å². The quantitative estimate of drug-likeness (QED) is 0.806. The fraction of sp³-hybridized carbons (Fsp3) is 0.417. The Morgan fingerprint density at radius 2 is 2.12 bits per heavy atom. The number of benzene rings is 1. The Morgan fingerprint density at radius 1 is 1.29 bits per heavy atom. The molecule has 1 aromatic carbocycles. The number of amides is 1. The molecule has 0 aliphatic carbocycles. The number of hydrogen-bond donors (Lipinski definition) is 0. The zero-order valence-corrected chi connectivity index (χ0v) is 9.29. The van der Waals surface area contributed by atoms with Gasteiger partial charge in [-0.2, -0.15) is 0 Å². The van der Waals surface area contributed by atoms with E-state index < -0.39 is 11.6 Å². The van der Waals surface area contributed by atoms with Crippen molar-refractivity contribution in [3.63, 3.8) is 0 Å². The van der Waals surface area contributed by atoms with Gasteiger partial charge < -0.3 is 9.64 Å². The molecule has 0 spiro atoms. The molecule has 1 aliphatic rings. The van der Waals surface area contributed by atoms with Gasteiger partial charge in [-0.1, -0.05) is 0 Å². The van der Waals surface area contributed by atoms with Crippen LogP contribution in [0.3, 0.4) is 0 Å². The highest BCUT2D eigenvalue weighted by atomic mass is 19.2. The van der Waals surface area contributed by atoms with Gasteiger partial charge in [0.2, 0.25) is 5.91 Å². The smallest absolute Gasteiger partial charge is 0.222 e. The van der Waals surface area contributed by atoms with Gasteiger partial charge >= 0.3 is 0 Å². The van der Waals surface area contributed by atoms with Crippen molar-refractivity contribution in [2.75, 3.05) is 19.7 Å². The largest absolute Gasteiger partial charge is 0.492 e. The van der Waals surface area contributed by atoms with E-state index in [0.29, 0.717) is 13.0 Å². The molecule has 3 nitrogen and oxygen atoms in total. The molecule has 1 fully saturated rings. The summed E-state index contributed by atoms with van der Waals surface area (Å²) in [5, 5.41) is 0. The van der Waals surface area contributed by atoms with E-state index in [4.69, 9.17) is 4.74 Å². The van der Waals surface area contributed by atoms with E-state index in [-0.39, 0.29) is 18.3 Å². The lowest BCUT2D eigenvalue weighted by Crippen LogP contribution is -2.29. The minimum atomic E-state index is -0.931. The molecule has 1 saturated heterocycles. The van der Waals surface area contributed by atoms with Crippen LogP contribution in [0.2, 0.25) is 0 Å². The van der Waals surface area contributed by atoms with Gasteiger partial charge in [0.25, 0.3) is 0 Å². The lowest BCUT2D eigenvalue weighted by molar-refractivity contribution is -0.128. The zero-order chi connectivity index (χ0) is 12.3. The Kier molecular flexibility index (Phi) is 3.56. The Balaban J connectivity index is 1.81. The number of carbonyl (C=O) groups excluding carboxylic acids is 1. The van der Waals surface area contributed by atoms with Crippen molar-refractivity contribution in [2.45, 2.75) is 12.8 Å². The van der Waals surface area contributed by atoms with Crippen LogP contribution in [0.15, 0.2) is 18.2 Å². The van der Waals surface area contributed by atoms with E-state index >= 15 is 0 Å². The third-order valence-electron chi connectivity index (χ3n) is 2.69. The standard InChI is InChI=1S/C12H13F2NO2/c13-10-4-3-9(8-11(10)14)17-7-6-15-5-1-2-12(15)16/h3-4,8H,1-2,5-7H2. The number of carbonyl (C=O) groups is 1. The van der Waals surface area contributed by atoms with Gasteiger partial charge in [0.15, 0.2) is 11.6 Å². The molecule has 0 aromatic heterocycles. The fourth-order valence-electron chi connectivity index (χ4n) is 1.78. The van der Waals surface area contributed by atoms with Crippen molar-refractivity contribution >= 4 is 5.91 Å². The van der Waals surface area contributed by atoms with Crippen LogP contribution in [0.1, 0.15) is 12.8 Å². The molecule has 0 bridgehead atoms. The molecule has 1 aromatic rings. The predicted octanol–water partition coefficient (Wildman–Crippen LogP) is 1.97. The van der Waals surface area contributed by atoms with E-state index in [1.807, 2.05) is 0 Å². The maximum Gasteiger partial charge on any atom is 0.222 e. The summed E-state index contributed by atoms with van der Waals surface area (Å²) in [5.74, 6) is -1.43. The van der Waals surface area contributed by atoms with Gasteiger partial charge in [-0.15, -0.1) is 0 Å². The molecule has 0 N–H and O–H groups in total. The monoisotopic (exact) mass is 241 g/mol. The number of rotatable bonds is 4. The van der Waals surface area contributed by atoms with Gasteiger partial charge in [0, 0.05) is 19.0 Å². The minimum absolute atomic E-state index is 0.124. The van der Waals surface area contributed by atoms with E-state index in [9.17, 15) is 13.6 Å². The Labute approximate surface area is 98.0 Å². The molecule has 1 amide bonds. The number of likely N-dealkylation sites (tertiary alicyclic amines) is 1. The summed E-state index contributed by atoms with van der Waals surface area (Å²) in [6.07, 6.45) is 1.47. The minimum Gasteiger partial charge on any atom is -0.492 e. The van der Waals surface area contributed by atoms with Crippen LogP contribution in [-0.2, 0) is 4.79 Å². The molecular weight excluding hydrogens is 228 g/mol. The molecule has 0 saturated carbocycles. The van der Waals surface area contributed by atoms with Crippen LogP contribution in [0.25, 0.3) is 0 Å². The maximum atomic E-state index is 12.8. The summed E-state index contributed by atoms with van der Waals surface area (Å²) in [6, 6.07) is 3.39. The molecule has 0 radical (unpaired) electrons. The summed E-state index contributed by atoms with van der Waals surface area (Å²) in [5.41, 5.74) is 0. The second-order valence-electron chi connectivity index (χ2n) is 3.91. The van der Waals surface area contributed by atoms with Crippen LogP contribution in [0, 0.1) is 11.6 Å². The predicted molar refractivity (Wildman–Crippen MR) is 57.7 cm³/mol. The molecule has 17 heavy (non-hydrogen) atoms. The summed E-state index contributed by atoms with van der Waals surface area (Å²) < 4.78 is 30.7. The molecule has 1 aliphatic heterocycles. The average molecular weight is 241 g/mol. The average Bonchev–Trinajstić information content (AvgIpc) is 2.70. The van der Waals surface area contributed by atoms with Gasteiger partial charge in [0.1, 0.15) is 12.4 Å². The fourth-order valence-corrected chi connectivity index (χ4v) is 1.78. The third kappa shape index (κ3) is 2.93. The summed E-state index contributed by atoms with van der Waals surface area (Å²) in [6.45, 7) is 1.52. The first kappa shape index (κ1) is 11.8. The molecule has 0 unspecified atom stereocenters. The van der Waals surface area contributed by atoms with Gasteiger partial charge in [-0.05, 0) is 18.6 Å². The normalized spacial score (nSPS) is 15.4. The number of nitrogens with zero attached hydrogens (tertiary/aromatic N) is 1. The van der Waals surface area contributed by atoms with E-state index in [0.717, 1.165) is 25.1 Å². The topological polar surface area (TPSA) is 29.5 Å². The summed E-state index contributed by atoms with van der Waals surface area (Å²) in [7, 11) is 0. The maximum absolute atomic E-state index is 12.8. The molecule has 5 heteroatoms. The van der Waals surface area contributed by atoms with Crippen molar-refractivity contribution in [3.05, 3.63) is 29.8 Å². The SMILES string of the molecule is O=C1CCCN1CCOc1ccc(F)c(F)c1. The van der Waals surface area contributed by atoms with Crippen molar-refractivity contribution in [3.8, 4) is 5.75 Å². The van der Waals surface area contributed by atoms with E-state index in [1.165, 1.54) is 6.07 Å². The van der Waals surface area contributed by atoms with Crippen LogP contribution in [0.4, 0.5) is 8.78 Å².